The topological polar surface area (TPSA) is 68.3 Å². The number of carbonyl (C=O) groups is 1. The molecule has 0 aliphatic heterocycles. The first kappa shape index (κ1) is 22.3. The van der Waals surface area contributed by atoms with Gasteiger partial charge in [-0.15, -0.1) is 0 Å². The van der Waals surface area contributed by atoms with Crippen LogP contribution in [0.25, 0.3) is 33.9 Å². The number of halogens is 2. The van der Waals surface area contributed by atoms with Crippen LogP contribution in [0.2, 0.25) is 10.0 Å². The first-order valence-electron chi connectivity index (χ1n) is 10.7. The van der Waals surface area contributed by atoms with E-state index in [1.165, 1.54) is 5.56 Å². The number of aromatic nitrogens is 1. The molecule has 0 bridgehead atoms. The minimum absolute atomic E-state index is 0.173. The van der Waals surface area contributed by atoms with Crippen molar-refractivity contribution in [2.45, 2.75) is 19.8 Å². The summed E-state index contributed by atoms with van der Waals surface area (Å²) in [6.45, 7) is 4.31. The van der Waals surface area contributed by atoms with Crippen molar-refractivity contribution in [1.29, 1.82) is 0 Å². The number of hydrogen-bond acceptors (Lipinski definition) is 4. The minimum atomic E-state index is -0.376. The zero-order valence-electron chi connectivity index (χ0n) is 18.4. The normalized spacial score (nSPS) is 11.3. The number of oxazole rings is 1. The summed E-state index contributed by atoms with van der Waals surface area (Å²) >= 11 is 12.1. The Morgan fingerprint density at radius 3 is 2.35 bits per heavy atom. The number of anilines is 1. The fourth-order valence-electron chi connectivity index (χ4n) is 3.60. The Morgan fingerprint density at radius 2 is 1.62 bits per heavy atom. The van der Waals surface area contributed by atoms with Crippen LogP contribution in [0.3, 0.4) is 0 Å². The van der Waals surface area contributed by atoms with Gasteiger partial charge in [0.15, 0.2) is 11.3 Å². The summed E-state index contributed by atoms with van der Waals surface area (Å²) in [5, 5.41) is 3.71. The van der Waals surface area contributed by atoms with Crippen LogP contribution in [0.1, 0.15) is 35.9 Å². The van der Waals surface area contributed by atoms with Crippen LogP contribution in [-0.2, 0) is 0 Å². The van der Waals surface area contributed by atoms with E-state index in [-0.39, 0.29) is 11.7 Å². The number of furan rings is 1. The second kappa shape index (κ2) is 9.01. The fourth-order valence-corrected chi connectivity index (χ4v) is 3.89. The van der Waals surface area contributed by atoms with Crippen LogP contribution in [-0.4, -0.2) is 10.9 Å². The number of carbonyl (C=O) groups excluding carboxylic acids is 1. The zero-order valence-corrected chi connectivity index (χ0v) is 19.9. The highest BCUT2D eigenvalue weighted by Gasteiger charge is 2.15. The molecule has 5 aromatic rings. The molecule has 170 valence electrons. The van der Waals surface area contributed by atoms with E-state index in [9.17, 15) is 4.79 Å². The first-order chi connectivity index (χ1) is 16.4. The van der Waals surface area contributed by atoms with Gasteiger partial charge < -0.3 is 14.2 Å². The molecule has 0 spiro atoms. The molecule has 0 saturated heterocycles. The second-order valence-electron chi connectivity index (χ2n) is 8.23. The van der Waals surface area contributed by atoms with Crippen LogP contribution in [0.4, 0.5) is 5.69 Å². The number of amides is 1. The number of rotatable bonds is 5. The van der Waals surface area contributed by atoms with E-state index >= 15 is 0 Å². The van der Waals surface area contributed by atoms with Crippen molar-refractivity contribution in [3.63, 3.8) is 0 Å². The summed E-state index contributed by atoms with van der Waals surface area (Å²) in [6, 6.07) is 22.0. The quantitative estimate of drug-likeness (QED) is 0.268. The van der Waals surface area contributed by atoms with Crippen molar-refractivity contribution in [3.8, 4) is 22.8 Å². The first-order valence-corrected chi connectivity index (χ1v) is 11.5. The van der Waals surface area contributed by atoms with E-state index in [0.29, 0.717) is 44.4 Å². The van der Waals surface area contributed by atoms with Gasteiger partial charge in [0.2, 0.25) is 5.89 Å². The third kappa shape index (κ3) is 4.45. The van der Waals surface area contributed by atoms with Crippen LogP contribution in [0.15, 0.2) is 81.6 Å². The van der Waals surface area contributed by atoms with Crippen LogP contribution < -0.4 is 5.32 Å². The van der Waals surface area contributed by atoms with E-state index < -0.39 is 0 Å². The van der Waals surface area contributed by atoms with Crippen molar-refractivity contribution in [1.82, 2.24) is 4.98 Å². The Balaban J connectivity index is 1.34. The van der Waals surface area contributed by atoms with Crippen molar-refractivity contribution < 1.29 is 13.6 Å². The van der Waals surface area contributed by atoms with Gasteiger partial charge in [0, 0.05) is 16.8 Å². The zero-order chi connectivity index (χ0) is 23.8. The molecule has 0 saturated carbocycles. The average Bonchev–Trinajstić information content (AvgIpc) is 3.48. The maximum absolute atomic E-state index is 12.7. The lowest BCUT2D eigenvalue weighted by Crippen LogP contribution is -2.10. The standard InChI is InChI=1S/C27H20Cl2N2O3/c1-15(2)16-3-5-17(6-4-16)27-31-22-14-19(8-10-24(22)34-27)30-26(32)25-12-11-23(33-25)18-7-9-20(28)21(29)13-18/h3-15H,1-2H3,(H,30,32). The van der Waals surface area contributed by atoms with Gasteiger partial charge >= 0.3 is 0 Å². The molecule has 7 heteroatoms. The predicted molar refractivity (Wildman–Crippen MR) is 136 cm³/mol. The Bertz CT molecular complexity index is 1500. The van der Waals surface area contributed by atoms with Crippen LogP contribution in [0, 0.1) is 0 Å². The summed E-state index contributed by atoms with van der Waals surface area (Å²) in [7, 11) is 0. The summed E-state index contributed by atoms with van der Waals surface area (Å²) in [4.78, 5) is 17.3. The lowest BCUT2D eigenvalue weighted by Gasteiger charge is -2.04. The molecular weight excluding hydrogens is 471 g/mol. The molecule has 0 aliphatic rings. The molecule has 5 nitrogen and oxygen atoms in total. The van der Waals surface area contributed by atoms with Gasteiger partial charge in [-0.1, -0.05) is 49.2 Å². The number of nitrogens with one attached hydrogen (secondary N) is 1. The van der Waals surface area contributed by atoms with Crippen LogP contribution >= 0.6 is 23.2 Å². The van der Waals surface area contributed by atoms with Gasteiger partial charge in [0.25, 0.3) is 5.91 Å². The van der Waals surface area contributed by atoms with Gasteiger partial charge in [0.05, 0.1) is 10.0 Å². The van der Waals surface area contributed by atoms with Gasteiger partial charge in [-0.2, -0.15) is 0 Å². The monoisotopic (exact) mass is 490 g/mol. The van der Waals surface area contributed by atoms with Gasteiger partial charge in [-0.25, -0.2) is 4.98 Å². The van der Waals surface area contributed by atoms with E-state index in [2.05, 4.69) is 36.3 Å². The van der Waals surface area contributed by atoms with Gasteiger partial charge in [0.1, 0.15) is 11.3 Å². The highest BCUT2D eigenvalue weighted by molar-refractivity contribution is 6.42. The van der Waals surface area contributed by atoms with Crippen molar-refractivity contribution >= 4 is 45.9 Å². The molecule has 3 aromatic carbocycles. The number of fused-ring (bicyclic) bond motifs is 1. The molecule has 1 amide bonds. The molecule has 5 rings (SSSR count). The molecule has 0 unspecified atom stereocenters. The van der Waals surface area contributed by atoms with Crippen LogP contribution in [0.5, 0.6) is 0 Å². The Morgan fingerprint density at radius 1 is 0.853 bits per heavy atom. The molecule has 2 heterocycles. The molecule has 34 heavy (non-hydrogen) atoms. The molecule has 2 aromatic heterocycles. The fraction of sp³-hybridized carbons (Fsp3) is 0.111. The van der Waals surface area contributed by atoms with Gasteiger partial charge in [-0.3, -0.25) is 4.79 Å². The third-order valence-corrected chi connectivity index (χ3v) is 6.24. The Labute approximate surface area is 206 Å². The molecule has 0 radical (unpaired) electrons. The molecule has 0 fully saturated rings. The average molecular weight is 491 g/mol. The largest absolute Gasteiger partial charge is 0.451 e. The van der Waals surface area contributed by atoms with Crippen molar-refractivity contribution in [2.24, 2.45) is 0 Å². The number of benzene rings is 3. The summed E-state index contributed by atoms with van der Waals surface area (Å²) in [5.74, 6) is 1.30. The van der Waals surface area contributed by atoms with Gasteiger partial charge in [-0.05, 0) is 72.1 Å². The van der Waals surface area contributed by atoms with E-state index in [1.54, 1.807) is 48.5 Å². The summed E-state index contributed by atoms with van der Waals surface area (Å²) in [5.41, 5.74) is 4.76. The predicted octanol–water partition coefficient (Wildman–Crippen LogP) is 8.44. The molecule has 0 aliphatic carbocycles. The summed E-state index contributed by atoms with van der Waals surface area (Å²) in [6.07, 6.45) is 0. The lowest BCUT2D eigenvalue weighted by atomic mass is 10.0. The maximum atomic E-state index is 12.7. The Hall–Kier alpha value is -3.54. The minimum Gasteiger partial charge on any atom is -0.451 e. The molecule has 0 atom stereocenters. The highest BCUT2D eigenvalue weighted by Crippen LogP contribution is 2.31. The van der Waals surface area contributed by atoms with E-state index in [1.807, 2.05) is 12.1 Å². The lowest BCUT2D eigenvalue weighted by molar-refractivity contribution is 0.0997. The van der Waals surface area contributed by atoms with E-state index in [4.69, 9.17) is 32.0 Å². The third-order valence-electron chi connectivity index (χ3n) is 5.50. The number of nitrogens with zero attached hydrogens (tertiary/aromatic N) is 1. The van der Waals surface area contributed by atoms with Crippen molar-refractivity contribution in [2.75, 3.05) is 5.32 Å². The number of hydrogen-bond donors (Lipinski definition) is 1. The maximum Gasteiger partial charge on any atom is 0.291 e. The summed E-state index contributed by atoms with van der Waals surface area (Å²) < 4.78 is 11.6. The molecule has 1 N–H and O–H groups in total. The Kier molecular flexibility index (Phi) is 5.90. The van der Waals surface area contributed by atoms with Crippen molar-refractivity contribution in [3.05, 3.63) is 94.2 Å². The smallest absolute Gasteiger partial charge is 0.291 e. The highest BCUT2D eigenvalue weighted by atomic mass is 35.5. The second-order valence-corrected chi connectivity index (χ2v) is 9.04. The SMILES string of the molecule is CC(C)c1ccc(-c2nc3cc(NC(=O)c4ccc(-c5ccc(Cl)c(Cl)c5)o4)ccc3o2)cc1. The molecular formula is C27H20Cl2N2O3. The van der Waals surface area contributed by atoms with E-state index in [0.717, 1.165) is 11.1 Å².